The van der Waals surface area contributed by atoms with Crippen LogP contribution in [-0.2, 0) is 0 Å². The van der Waals surface area contributed by atoms with Gasteiger partial charge < -0.3 is 9.88 Å². The predicted octanol–water partition coefficient (Wildman–Crippen LogP) is 3.91. The van der Waals surface area contributed by atoms with Gasteiger partial charge in [0.2, 0.25) is 0 Å². The van der Waals surface area contributed by atoms with Crippen molar-refractivity contribution in [3.05, 3.63) is 23.2 Å². The third-order valence-electron chi connectivity index (χ3n) is 3.77. The molecular weight excluding hydrogens is 288 g/mol. The SMILES string of the molecule is CC(C)n1c(C(=O)NC2CCSCC2)cc2sccc21. The lowest BCUT2D eigenvalue weighted by molar-refractivity contribution is 0.0924. The molecule has 0 unspecified atom stereocenters. The van der Waals surface area contributed by atoms with Crippen LogP contribution in [0.15, 0.2) is 17.5 Å². The molecule has 1 aliphatic rings. The van der Waals surface area contributed by atoms with Crippen molar-refractivity contribution in [2.45, 2.75) is 38.8 Å². The Morgan fingerprint density at radius 2 is 2.15 bits per heavy atom. The van der Waals surface area contributed by atoms with Crippen molar-refractivity contribution in [2.24, 2.45) is 0 Å². The zero-order chi connectivity index (χ0) is 14.1. The minimum absolute atomic E-state index is 0.0824. The molecule has 3 heterocycles. The summed E-state index contributed by atoms with van der Waals surface area (Å²) in [6, 6.07) is 4.78. The molecule has 1 saturated heterocycles. The highest BCUT2D eigenvalue weighted by molar-refractivity contribution is 7.99. The first-order chi connectivity index (χ1) is 9.66. The summed E-state index contributed by atoms with van der Waals surface area (Å²) < 4.78 is 3.35. The van der Waals surface area contributed by atoms with Crippen molar-refractivity contribution in [2.75, 3.05) is 11.5 Å². The van der Waals surface area contributed by atoms with E-state index in [1.165, 1.54) is 10.2 Å². The van der Waals surface area contributed by atoms with E-state index in [1.807, 2.05) is 17.8 Å². The predicted molar refractivity (Wildman–Crippen MR) is 88.0 cm³/mol. The third-order valence-corrected chi connectivity index (χ3v) is 5.67. The standard InChI is InChI=1S/C15H20N2OS2/c1-10(2)17-12-5-8-20-14(12)9-13(17)15(18)16-11-3-6-19-7-4-11/h5,8-11H,3-4,6-7H2,1-2H3,(H,16,18). The maximum absolute atomic E-state index is 12.6. The monoisotopic (exact) mass is 308 g/mol. The maximum Gasteiger partial charge on any atom is 0.268 e. The normalized spacial score (nSPS) is 16.9. The van der Waals surface area contributed by atoms with Gasteiger partial charge in [0.25, 0.3) is 5.91 Å². The molecule has 0 aliphatic carbocycles. The van der Waals surface area contributed by atoms with Gasteiger partial charge in [0.15, 0.2) is 0 Å². The highest BCUT2D eigenvalue weighted by Gasteiger charge is 2.21. The maximum atomic E-state index is 12.6. The van der Waals surface area contributed by atoms with Gasteiger partial charge in [-0.1, -0.05) is 0 Å². The van der Waals surface area contributed by atoms with E-state index in [1.54, 1.807) is 11.3 Å². The molecule has 2 aromatic heterocycles. The topological polar surface area (TPSA) is 34.0 Å². The van der Waals surface area contributed by atoms with Crippen LogP contribution in [0.25, 0.3) is 10.2 Å². The molecule has 3 rings (SSSR count). The van der Waals surface area contributed by atoms with Crippen LogP contribution in [-0.4, -0.2) is 28.0 Å². The van der Waals surface area contributed by atoms with E-state index < -0.39 is 0 Å². The van der Waals surface area contributed by atoms with E-state index in [4.69, 9.17) is 0 Å². The van der Waals surface area contributed by atoms with Crippen LogP contribution in [0, 0.1) is 0 Å². The Bertz CT molecular complexity index is 608. The molecule has 1 amide bonds. The summed E-state index contributed by atoms with van der Waals surface area (Å²) in [6.45, 7) is 4.26. The summed E-state index contributed by atoms with van der Waals surface area (Å²) in [4.78, 5) is 12.6. The molecule has 2 aromatic rings. The molecule has 1 aliphatic heterocycles. The van der Waals surface area contributed by atoms with Crippen LogP contribution < -0.4 is 5.32 Å². The van der Waals surface area contributed by atoms with E-state index in [-0.39, 0.29) is 5.91 Å². The van der Waals surface area contributed by atoms with Gasteiger partial charge in [0.1, 0.15) is 5.69 Å². The van der Waals surface area contributed by atoms with Crippen molar-refractivity contribution in [3.8, 4) is 0 Å². The molecule has 0 bridgehead atoms. The van der Waals surface area contributed by atoms with Gasteiger partial charge in [-0.3, -0.25) is 4.79 Å². The summed E-state index contributed by atoms with van der Waals surface area (Å²) in [5.41, 5.74) is 1.98. The Labute approximate surface area is 127 Å². The molecule has 20 heavy (non-hydrogen) atoms. The number of carbonyl (C=O) groups is 1. The fourth-order valence-electron chi connectivity index (χ4n) is 2.78. The van der Waals surface area contributed by atoms with Crippen molar-refractivity contribution in [1.29, 1.82) is 0 Å². The largest absolute Gasteiger partial charge is 0.348 e. The average molecular weight is 308 g/mol. The quantitative estimate of drug-likeness (QED) is 0.933. The first-order valence-corrected chi connectivity index (χ1v) is 9.17. The smallest absolute Gasteiger partial charge is 0.268 e. The Balaban J connectivity index is 1.86. The Kier molecular flexibility index (Phi) is 4.08. The van der Waals surface area contributed by atoms with Gasteiger partial charge in [-0.2, -0.15) is 11.8 Å². The number of carbonyl (C=O) groups excluding carboxylic acids is 1. The first-order valence-electron chi connectivity index (χ1n) is 7.14. The number of nitrogens with zero attached hydrogens (tertiary/aromatic N) is 1. The number of thiophene rings is 1. The molecule has 0 saturated carbocycles. The first kappa shape index (κ1) is 14.0. The summed E-state index contributed by atoms with van der Waals surface area (Å²) in [6.07, 6.45) is 2.18. The molecule has 0 aromatic carbocycles. The summed E-state index contributed by atoms with van der Waals surface area (Å²) in [7, 11) is 0. The molecule has 0 spiro atoms. The number of hydrogen-bond acceptors (Lipinski definition) is 3. The summed E-state index contributed by atoms with van der Waals surface area (Å²) in [5, 5.41) is 5.30. The van der Waals surface area contributed by atoms with Crippen molar-refractivity contribution >= 4 is 39.2 Å². The zero-order valence-corrected chi connectivity index (χ0v) is 13.5. The third kappa shape index (κ3) is 2.61. The van der Waals surface area contributed by atoms with E-state index in [2.05, 4.69) is 35.2 Å². The van der Waals surface area contributed by atoms with Gasteiger partial charge in [0, 0.05) is 12.1 Å². The van der Waals surface area contributed by atoms with Crippen LogP contribution in [0.2, 0.25) is 0 Å². The van der Waals surface area contributed by atoms with Crippen molar-refractivity contribution in [3.63, 3.8) is 0 Å². The summed E-state index contributed by atoms with van der Waals surface area (Å²) >= 11 is 3.68. The van der Waals surface area contributed by atoms with E-state index in [9.17, 15) is 4.79 Å². The van der Waals surface area contributed by atoms with Gasteiger partial charge in [0.05, 0.1) is 10.2 Å². The molecule has 3 nitrogen and oxygen atoms in total. The number of thioether (sulfide) groups is 1. The van der Waals surface area contributed by atoms with Gasteiger partial charge in [-0.05, 0) is 55.7 Å². The molecule has 1 fully saturated rings. The number of amides is 1. The molecule has 5 heteroatoms. The second kappa shape index (κ2) is 5.82. The second-order valence-corrected chi connectivity index (χ2v) is 7.70. The molecular formula is C15H20N2OS2. The number of fused-ring (bicyclic) bond motifs is 1. The highest BCUT2D eigenvalue weighted by Crippen LogP contribution is 2.28. The highest BCUT2D eigenvalue weighted by atomic mass is 32.2. The van der Waals surface area contributed by atoms with E-state index in [0.717, 1.165) is 30.0 Å². The van der Waals surface area contributed by atoms with Gasteiger partial charge in [-0.15, -0.1) is 11.3 Å². The molecule has 108 valence electrons. The zero-order valence-electron chi connectivity index (χ0n) is 11.9. The van der Waals surface area contributed by atoms with Gasteiger partial charge in [-0.25, -0.2) is 0 Å². The van der Waals surface area contributed by atoms with E-state index >= 15 is 0 Å². The fraction of sp³-hybridized carbons (Fsp3) is 0.533. The Hall–Kier alpha value is -0.940. The Morgan fingerprint density at radius 3 is 2.85 bits per heavy atom. The van der Waals surface area contributed by atoms with Crippen molar-refractivity contribution in [1.82, 2.24) is 9.88 Å². The molecule has 0 atom stereocenters. The minimum Gasteiger partial charge on any atom is -0.348 e. The van der Waals surface area contributed by atoms with Gasteiger partial charge >= 0.3 is 0 Å². The number of hydrogen-bond donors (Lipinski definition) is 1. The average Bonchev–Trinajstić information content (AvgIpc) is 2.98. The molecule has 1 N–H and O–H groups in total. The van der Waals surface area contributed by atoms with Crippen LogP contribution in [0.3, 0.4) is 0 Å². The van der Waals surface area contributed by atoms with Crippen LogP contribution in [0.1, 0.15) is 43.2 Å². The lowest BCUT2D eigenvalue weighted by Gasteiger charge is -2.23. The number of rotatable bonds is 3. The van der Waals surface area contributed by atoms with Crippen LogP contribution in [0.4, 0.5) is 0 Å². The van der Waals surface area contributed by atoms with Crippen LogP contribution >= 0.6 is 23.1 Å². The van der Waals surface area contributed by atoms with E-state index in [0.29, 0.717) is 12.1 Å². The number of nitrogens with one attached hydrogen (secondary N) is 1. The summed E-state index contributed by atoms with van der Waals surface area (Å²) in [5.74, 6) is 2.40. The Morgan fingerprint density at radius 1 is 1.40 bits per heavy atom. The lowest BCUT2D eigenvalue weighted by atomic mass is 10.1. The number of aromatic nitrogens is 1. The lowest BCUT2D eigenvalue weighted by Crippen LogP contribution is -2.38. The molecule has 0 radical (unpaired) electrons. The fourth-order valence-corrected chi connectivity index (χ4v) is 4.69. The second-order valence-electron chi connectivity index (χ2n) is 5.52. The minimum atomic E-state index is 0.0824. The van der Waals surface area contributed by atoms with Crippen LogP contribution in [0.5, 0.6) is 0 Å². The van der Waals surface area contributed by atoms with Crippen molar-refractivity contribution < 1.29 is 4.79 Å².